The quantitative estimate of drug-likeness (QED) is 0.743. The molecule has 22 heavy (non-hydrogen) atoms. The summed E-state index contributed by atoms with van der Waals surface area (Å²) in [6.45, 7) is 1.77. The Balaban J connectivity index is 2.03. The molecule has 0 saturated heterocycles. The number of fused-ring (bicyclic) bond motifs is 1. The Kier molecular flexibility index (Phi) is 3.64. The molecule has 0 spiro atoms. The van der Waals surface area contributed by atoms with E-state index in [1.807, 2.05) is 6.07 Å². The summed E-state index contributed by atoms with van der Waals surface area (Å²) in [6.07, 6.45) is 4.73. The summed E-state index contributed by atoms with van der Waals surface area (Å²) >= 11 is 0. The molecule has 0 bridgehead atoms. The Morgan fingerprint density at radius 1 is 1.27 bits per heavy atom. The molecular weight excluding hydrogens is 280 g/mol. The number of anilines is 1. The fourth-order valence-electron chi connectivity index (χ4n) is 3.47. The number of nitrogens with two attached hydrogens (primary N) is 1. The van der Waals surface area contributed by atoms with Crippen molar-refractivity contribution < 1.29 is 9.90 Å². The number of hydrogen-bond donors (Lipinski definition) is 3. The lowest BCUT2D eigenvalue weighted by Gasteiger charge is -2.27. The number of aromatic nitrogens is 1. The van der Waals surface area contributed by atoms with Gasteiger partial charge in [0.25, 0.3) is 0 Å². The number of nitrogen functional groups attached to an aromatic ring is 1. The highest BCUT2D eigenvalue weighted by atomic mass is 16.4. The van der Waals surface area contributed by atoms with Crippen LogP contribution in [0.25, 0.3) is 10.9 Å². The normalized spacial score (nSPS) is 21.9. The summed E-state index contributed by atoms with van der Waals surface area (Å²) in [5, 5.41) is 9.66. The molecule has 1 aliphatic carbocycles. The second kappa shape index (κ2) is 5.48. The van der Waals surface area contributed by atoms with Gasteiger partial charge >= 0.3 is 5.97 Å². The lowest BCUT2D eigenvalue weighted by molar-refractivity contribution is -0.142. The van der Waals surface area contributed by atoms with Crippen LogP contribution in [0.4, 0.5) is 5.69 Å². The maximum Gasteiger partial charge on any atom is 0.306 e. The van der Waals surface area contributed by atoms with Crippen molar-refractivity contribution in [1.82, 2.24) is 4.98 Å². The predicted octanol–water partition coefficient (Wildman–Crippen LogP) is 2.78. The van der Waals surface area contributed by atoms with Gasteiger partial charge in [-0.05, 0) is 50.2 Å². The summed E-state index contributed by atoms with van der Waals surface area (Å²) < 4.78 is 0. The molecule has 1 aliphatic rings. The molecule has 0 amide bonds. The highest BCUT2D eigenvalue weighted by Gasteiger charge is 2.28. The van der Waals surface area contributed by atoms with Crippen LogP contribution in [-0.4, -0.2) is 16.1 Å². The van der Waals surface area contributed by atoms with E-state index in [2.05, 4.69) is 4.98 Å². The average molecular weight is 300 g/mol. The highest BCUT2D eigenvalue weighted by molar-refractivity contribution is 5.92. The van der Waals surface area contributed by atoms with Crippen LogP contribution in [-0.2, 0) is 4.79 Å². The van der Waals surface area contributed by atoms with E-state index < -0.39 is 5.97 Å². The Hall–Kier alpha value is -2.30. The molecule has 1 saturated carbocycles. The first-order valence-corrected chi connectivity index (χ1v) is 7.62. The molecule has 1 heterocycles. The molecule has 0 aliphatic heterocycles. The molecule has 1 aromatic heterocycles. The van der Waals surface area contributed by atoms with Crippen LogP contribution >= 0.6 is 0 Å². The zero-order valence-electron chi connectivity index (χ0n) is 12.6. The number of pyridine rings is 1. The summed E-state index contributed by atoms with van der Waals surface area (Å²) in [6, 6.07) is 3.75. The van der Waals surface area contributed by atoms with Gasteiger partial charge in [0.2, 0.25) is 0 Å². The topological polar surface area (TPSA) is 96.2 Å². The molecule has 1 aromatic carbocycles. The third-order valence-corrected chi connectivity index (χ3v) is 4.80. The maximum absolute atomic E-state index is 12.3. The van der Waals surface area contributed by atoms with Crippen LogP contribution in [0.2, 0.25) is 0 Å². The minimum atomic E-state index is -0.704. The van der Waals surface area contributed by atoms with Gasteiger partial charge in [-0.15, -0.1) is 0 Å². The van der Waals surface area contributed by atoms with Crippen molar-refractivity contribution in [2.75, 3.05) is 5.73 Å². The summed E-state index contributed by atoms with van der Waals surface area (Å²) in [5.74, 6) is -0.667. The third-order valence-electron chi connectivity index (χ3n) is 4.80. The SMILES string of the molecule is Cc1c[nH]c2c(C3CCC(C(=O)O)CC3)ccc(N)c2c1=O. The van der Waals surface area contributed by atoms with Gasteiger partial charge in [-0.25, -0.2) is 0 Å². The van der Waals surface area contributed by atoms with Gasteiger partial charge in [0, 0.05) is 17.4 Å². The third kappa shape index (κ3) is 2.36. The number of aliphatic carboxylic acids is 1. The second-order valence-electron chi connectivity index (χ2n) is 6.18. The van der Waals surface area contributed by atoms with Gasteiger partial charge < -0.3 is 15.8 Å². The maximum atomic E-state index is 12.3. The molecule has 116 valence electrons. The first-order valence-electron chi connectivity index (χ1n) is 7.62. The summed E-state index contributed by atoms with van der Waals surface area (Å²) in [7, 11) is 0. The molecule has 3 rings (SSSR count). The number of H-pyrrole nitrogens is 1. The lowest BCUT2D eigenvalue weighted by atomic mass is 9.78. The number of carboxylic acid groups (broad SMARTS) is 1. The highest BCUT2D eigenvalue weighted by Crippen LogP contribution is 2.38. The van der Waals surface area contributed by atoms with Gasteiger partial charge in [0.1, 0.15) is 0 Å². The fourth-order valence-corrected chi connectivity index (χ4v) is 3.47. The zero-order valence-corrected chi connectivity index (χ0v) is 12.6. The lowest BCUT2D eigenvalue weighted by Crippen LogP contribution is -2.21. The number of aromatic amines is 1. The van der Waals surface area contributed by atoms with E-state index in [0.717, 1.165) is 23.9 Å². The Morgan fingerprint density at radius 2 is 1.95 bits per heavy atom. The van der Waals surface area contributed by atoms with Crippen molar-refractivity contribution in [2.24, 2.45) is 5.92 Å². The number of carboxylic acids is 1. The largest absolute Gasteiger partial charge is 0.481 e. The molecule has 0 atom stereocenters. The van der Waals surface area contributed by atoms with Gasteiger partial charge in [0.05, 0.1) is 16.8 Å². The average Bonchev–Trinajstić information content (AvgIpc) is 2.51. The Labute approximate surface area is 128 Å². The van der Waals surface area contributed by atoms with E-state index in [0.29, 0.717) is 29.5 Å². The fraction of sp³-hybridized carbons (Fsp3) is 0.412. The minimum Gasteiger partial charge on any atom is -0.481 e. The first kappa shape index (κ1) is 14.6. The molecule has 5 heteroatoms. The molecule has 4 N–H and O–H groups in total. The molecule has 0 radical (unpaired) electrons. The van der Waals surface area contributed by atoms with Crippen LogP contribution in [0.3, 0.4) is 0 Å². The number of carbonyl (C=O) groups is 1. The number of hydrogen-bond acceptors (Lipinski definition) is 3. The van der Waals surface area contributed by atoms with Crippen molar-refractivity contribution in [3.63, 3.8) is 0 Å². The van der Waals surface area contributed by atoms with Gasteiger partial charge in [-0.1, -0.05) is 6.07 Å². The molecule has 2 aromatic rings. The van der Waals surface area contributed by atoms with E-state index >= 15 is 0 Å². The molecule has 1 fully saturated rings. The van der Waals surface area contributed by atoms with Crippen molar-refractivity contribution in [2.45, 2.75) is 38.5 Å². The zero-order chi connectivity index (χ0) is 15.9. The van der Waals surface area contributed by atoms with Gasteiger partial charge in [-0.2, -0.15) is 0 Å². The standard InChI is InChI=1S/C17H20N2O3/c1-9-8-19-15-12(6-7-13(18)14(15)16(9)20)10-2-4-11(5-3-10)17(21)22/h6-8,10-11H,2-5,18H2,1H3,(H,19,20)(H,21,22). The summed E-state index contributed by atoms with van der Waals surface area (Å²) in [5.41, 5.74) is 8.96. The molecule has 5 nitrogen and oxygen atoms in total. The Bertz CT molecular complexity index is 786. The van der Waals surface area contributed by atoms with Crippen LogP contribution < -0.4 is 11.2 Å². The van der Waals surface area contributed by atoms with E-state index in [1.165, 1.54) is 0 Å². The van der Waals surface area contributed by atoms with E-state index in [-0.39, 0.29) is 17.3 Å². The molecular formula is C17H20N2O3. The minimum absolute atomic E-state index is 0.0349. The van der Waals surface area contributed by atoms with Crippen molar-refractivity contribution >= 4 is 22.6 Å². The number of nitrogens with one attached hydrogen (secondary N) is 1. The second-order valence-corrected chi connectivity index (χ2v) is 6.18. The monoisotopic (exact) mass is 300 g/mol. The number of aryl methyl sites for hydroxylation is 1. The molecule has 0 unspecified atom stereocenters. The van der Waals surface area contributed by atoms with Crippen LogP contribution in [0.5, 0.6) is 0 Å². The number of rotatable bonds is 2. The van der Waals surface area contributed by atoms with E-state index in [9.17, 15) is 9.59 Å². The van der Waals surface area contributed by atoms with Crippen LogP contribution in [0.1, 0.15) is 42.7 Å². The van der Waals surface area contributed by atoms with Crippen LogP contribution in [0, 0.1) is 12.8 Å². The first-order chi connectivity index (χ1) is 10.5. The van der Waals surface area contributed by atoms with Gasteiger partial charge in [-0.3, -0.25) is 9.59 Å². The van der Waals surface area contributed by atoms with Crippen molar-refractivity contribution in [3.05, 3.63) is 39.7 Å². The van der Waals surface area contributed by atoms with Crippen molar-refractivity contribution in [3.8, 4) is 0 Å². The smallest absolute Gasteiger partial charge is 0.306 e. The predicted molar refractivity (Wildman–Crippen MR) is 86.1 cm³/mol. The van der Waals surface area contributed by atoms with Crippen molar-refractivity contribution in [1.29, 1.82) is 0 Å². The van der Waals surface area contributed by atoms with E-state index in [1.54, 1.807) is 19.2 Å². The number of benzene rings is 1. The van der Waals surface area contributed by atoms with E-state index in [4.69, 9.17) is 10.8 Å². The van der Waals surface area contributed by atoms with Gasteiger partial charge in [0.15, 0.2) is 5.43 Å². The van der Waals surface area contributed by atoms with Crippen LogP contribution in [0.15, 0.2) is 23.1 Å². The Morgan fingerprint density at radius 3 is 2.59 bits per heavy atom. The summed E-state index contributed by atoms with van der Waals surface area (Å²) in [4.78, 5) is 26.6.